The Kier molecular flexibility index (Phi) is 6.92. The third-order valence-corrected chi connectivity index (χ3v) is 2.74. The average Bonchev–Trinajstić information content (AvgIpc) is 2.19. The first-order chi connectivity index (χ1) is 7.36. The molecule has 0 radical (unpaired) electrons. The Balaban J connectivity index is 1.74. The molecule has 0 saturated heterocycles. The van der Waals surface area contributed by atoms with Crippen LogP contribution in [-0.4, -0.2) is 46.2 Å². The molecule has 4 heteroatoms. The van der Waals surface area contributed by atoms with Gasteiger partial charge in [-0.25, -0.2) is 0 Å². The van der Waals surface area contributed by atoms with Gasteiger partial charge >= 0.3 is 0 Å². The maximum absolute atomic E-state index is 5.65. The smallest absolute Gasteiger partial charge is 0.0700 e. The minimum absolute atomic E-state index is 0.456. The predicted molar refractivity (Wildman–Crippen MR) is 58.8 cm³/mol. The van der Waals surface area contributed by atoms with Crippen LogP contribution < -0.4 is 5.73 Å². The maximum atomic E-state index is 5.65. The minimum atomic E-state index is 0.456. The van der Waals surface area contributed by atoms with Crippen molar-refractivity contribution in [3.8, 4) is 0 Å². The number of rotatable bonds is 9. The zero-order valence-corrected chi connectivity index (χ0v) is 9.61. The van der Waals surface area contributed by atoms with Gasteiger partial charge in [-0.3, -0.25) is 0 Å². The fourth-order valence-corrected chi connectivity index (χ4v) is 1.66. The van der Waals surface area contributed by atoms with Gasteiger partial charge in [0.1, 0.15) is 0 Å². The molecule has 1 rings (SSSR count). The number of nitrogens with two attached hydrogens (primary N) is 1. The highest BCUT2D eigenvalue weighted by Gasteiger charge is 2.28. The fraction of sp³-hybridized carbons (Fsp3) is 1.00. The first-order valence-corrected chi connectivity index (χ1v) is 5.75. The molecule has 1 aliphatic carbocycles. The standard InChI is InChI=1S/C11H23NO3/c1-13-5-6-14-3-2-4-15-11-7-10(8-11)9-12/h10-11H,2-9,12H2,1H3. The minimum Gasteiger partial charge on any atom is -0.382 e. The Morgan fingerprint density at radius 3 is 2.60 bits per heavy atom. The van der Waals surface area contributed by atoms with Crippen molar-refractivity contribution in [2.75, 3.05) is 40.1 Å². The lowest BCUT2D eigenvalue weighted by Crippen LogP contribution is -2.36. The molecule has 1 aliphatic rings. The second-order valence-electron chi connectivity index (χ2n) is 4.02. The third kappa shape index (κ3) is 5.47. The van der Waals surface area contributed by atoms with E-state index < -0.39 is 0 Å². The SMILES string of the molecule is COCCOCCCOC1CC(CN)C1. The van der Waals surface area contributed by atoms with Gasteiger partial charge in [0, 0.05) is 20.3 Å². The summed E-state index contributed by atoms with van der Waals surface area (Å²) in [6.45, 7) is 3.71. The van der Waals surface area contributed by atoms with Crippen molar-refractivity contribution in [1.29, 1.82) is 0 Å². The summed E-state index contributed by atoms with van der Waals surface area (Å²) in [5.74, 6) is 0.702. The van der Waals surface area contributed by atoms with Crippen LogP contribution in [0.15, 0.2) is 0 Å². The van der Waals surface area contributed by atoms with Crippen LogP contribution in [0.4, 0.5) is 0 Å². The molecule has 0 amide bonds. The van der Waals surface area contributed by atoms with Crippen molar-refractivity contribution < 1.29 is 14.2 Å². The molecule has 0 heterocycles. The zero-order chi connectivity index (χ0) is 10.9. The van der Waals surface area contributed by atoms with Crippen LogP contribution >= 0.6 is 0 Å². The predicted octanol–water partition coefficient (Wildman–Crippen LogP) is 0.793. The van der Waals surface area contributed by atoms with Crippen molar-refractivity contribution >= 4 is 0 Å². The molecule has 90 valence electrons. The largest absolute Gasteiger partial charge is 0.382 e. The summed E-state index contributed by atoms with van der Waals surface area (Å²) in [5, 5.41) is 0. The Hall–Kier alpha value is -0.160. The van der Waals surface area contributed by atoms with Gasteiger partial charge in [-0.1, -0.05) is 0 Å². The van der Waals surface area contributed by atoms with Crippen LogP contribution in [0.5, 0.6) is 0 Å². The summed E-state index contributed by atoms with van der Waals surface area (Å²) in [4.78, 5) is 0. The van der Waals surface area contributed by atoms with E-state index in [9.17, 15) is 0 Å². The molecule has 0 aromatic rings. The topological polar surface area (TPSA) is 53.7 Å². The van der Waals surface area contributed by atoms with E-state index >= 15 is 0 Å². The second kappa shape index (κ2) is 8.05. The van der Waals surface area contributed by atoms with E-state index in [2.05, 4.69) is 0 Å². The molecule has 15 heavy (non-hydrogen) atoms. The summed E-state index contributed by atoms with van der Waals surface area (Å²) in [5.41, 5.74) is 5.53. The molecule has 0 aromatic carbocycles. The fourth-order valence-electron chi connectivity index (χ4n) is 1.66. The van der Waals surface area contributed by atoms with Crippen LogP contribution in [0.1, 0.15) is 19.3 Å². The third-order valence-electron chi connectivity index (χ3n) is 2.74. The molecular formula is C11H23NO3. The van der Waals surface area contributed by atoms with Gasteiger partial charge in [0.2, 0.25) is 0 Å². The van der Waals surface area contributed by atoms with E-state index in [1.165, 1.54) is 0 Å². The van der Waals surface area contributed by atoms with Gasteiger partial charge in [0.25, 0.3) is 0 Å². The molecule has 1 fully saturated rings. The first kappa shape index (κ1) is 12.9. The van der Waals surface area contributed by atoms with Gasteiger partial charge in [-0.15, -0.1) is 0 Å². The zero-order valence-electron chi connectivity index (χ0n) is 9.61. The maximum Gasteiger partial charge on any atom is 0.0700 e. The van der Waals surface area contributed by atoms with E-state index in [4.69, 9.17) is 19.9 Å². The van der Waals surface area contributed by atoms with E-state index in [0.29, 0.717) is 25.2 Å². The van der Waals surface area contributed by atoms with Crippen LogP contribution in [-0.2, 0) is 14.2 Å². The molecule has 1 saturated carbocycles. The Morgan fingerprint density at radius 1 is 1.13 bits per heavy atom. The molecule has 0 bridgehead atoms. The highest BCUT2D eigenvalue weighted by Crippen LogP contribution is 2.28. The van der Waals surface area contributed by atoms with Gasteiger partial charge in [0.05, 0.1) is 19.3 Å². The van der Waals surface area contributed by atoms with Gasteiger partial charge in [0.15, 0.2) is 0 Å². The number of methoxy groups -OCH3 is 1. The van der Waals surface area contributed by atoms with E-state index in [-0.39, 0.29) is 0 Å². The highest BCUT2D eigenvalue weighted by atomic mass is 16.5. The first-order valence-electron chi connectivity index (χ1n) is 5.75. The molecule has 0 aromatic heterocycles. The number of ether oxygens (including phenoxy) is 3. The van der Waals surface area contributed by atoms with Crippen molar-refractivity contribution in [3.05, 3.63) is 0 Å². The van der Waals surface area contributed by atoms with E-state index in [1.807, 2.05) is 0 Å². The van der Waals surface area contributed by atoms with Crippen LogP contribution in [0, 0.1) is 5.92 Å². The van der Waals surface area contributed by atoms with Crippen molar-refractivity contribution in [2.45, 2.75) is 25.4 Å². The summed E-state index contributed by atoms with van der Waals surface area (Å²) in [7, 11) is 1.68. The normalized spacial score (nSPS) is 25.2. The number of hydrogen-bond donors (Lipinski definition) is 1. The monoisotopic (exact) mass is 217 g/mol. The summed E-state index contributed by atoms with van der Waals surface area (Å²) in [6.07, 6.45) is 3.70. The molecule has 0 aliphatic heterocycles. The van der Waals surface area contributed by atoms with Crippen LogP contribution in [0.3, 0.4) is 0 Å². The van der Waals surface area contributed by atoms with Crippen LogP contribution in [0.25, 0.3) is 0 Å². The molecule has 0 unspecified atom stereocenters. The van der Waals surface area contributed by atoms with Crippen molar-refractivity contribution in [1.82, 2.24) is 0 Å². The van der Waals surface area contributed by atoms with Gasteiger partial charge in [-0.2, -0.15) is 0 Å². The Morgan fingerprint density at radius 2 is 1.93 bits per heavy atom. The quantitative estimate of drug-likeness (QED) is 0.580. The van der Waals surface area contributed by atoms with E-state index in [1.54, 1.807) is 7.11 Å². The van der Waals surface area contributed by atoms with Crippen LogP contribution in [0.2, 0.25) is 0 Å². The second-order valence-corrected chi connectivity index (χ2v) is 4.02. The van der Waals surface area contributed by atoms with Gasteiger partial charge in [-0.05, 0) is 31.7 Å². The summed E-state index contributed by atoms with van der Waals surface area (Å²) in [6, 6.07) is 0. The lowest BCUT2D eigenvalue weighted by molar-refractivity contribution is -0.0365. The summed E-state index contributed by atoms with van der Waals surface area (Å²) >= 11 is 0. The lowest BCUT2D eigenvalue weighted by Gasteiger charge is -2.34. The lowest BCUT2D eigenvalue weighted by atomic mass is 9.82. The molecule has 4 nitrogen and oxygen atoms in total. The van der Waals surface area contributed by atoms with Crippen molar-refractivity contribution in [2.24, 2.45) is 11.7 Å². The molecule has 0 spiro atoms. The van der Waals surface area contributed by atoms with E-state index in [0.717, 1.165) is 39.0 Å². The van der Waals surface area contributed by atoms with Gasteiger partial charge < -0.3 is 19.9 Å². The highest BCUT2D eigenvalue weighted by molar-refractivity contribution is 4.80. The molecule has 0 atom stereocenters. The number of hydrogen-bond acceptors (Lipinski definition) is 4. The molecule has 2 N–H and O–H groups in total. The Labute approximate surface area is 92.1 Å². The average molecular weight is 217 g/mol. The Bertz CT molecular complexity index is 149. The summed E-state index contributed by atoms with van der Waals surface area (Å²) < 4.78 is 15.8. The molecular weight excluding hydrogens is 194 g/mol. The van der Waals surface area contributed by atoms with Crippen molar-refractivity contribution in [3.63, 3.8) is 0 Å².